The minimum absolute atomic E-state index is 0.210. The van der Waals surface area contributed by atoms with Gasteiger partial charge in [0.15, 0.2) is 0 Å². The summed E-state index contributed by atoms with van der Waals surface area (Å²) in [7, 11) is 0. The number of nitrogens with two attached hydrogens (primary N) is 1. The van der Waals surface area contributed by atoms with Crippen LogP contribution >= 0.6 is 0 Å². The molecule has 3 aromatic rings. The van der Waals surface area contributed by atoms with Crippen LogP contribution in [0.25, 0.3) is 0 Å². The number of ether oxygens (including phenoxy) is 1. The van der Waals surface area contributed by atoms with Crippen molar-refractivity contribution in [3.05, 3.63) is 94.5 Å². The molecule has 3 aliphatic heterocycles. The third-order valence-corrected chi connectivity index (χ3v) is 9.87. The number of nitrogen functional groups attached to an aromatic ring is 1. The van der Waals surface area contributed by atoms with E-state index in [1.54, 1.807) is 15.9 Å². The van der Waals surface area contributed by atoms with Crippen LogP contribution in [0.4, 0.5) is 10.5 Å². The molecular formula is C38H46N6O5. The van der Waals surface area contributed by atoms with Gasteiger partial charge in [-0.3, -0.25) is 14.4 Å². The van der Waals surface area contributed by atoms with Crippen LogP contribution in [0.5, 0.6) is 5.75 Å². The molecule has 1 saturated heterocycles. The molecule has 0 aliphatic carbocycles. The van der Waals surface area contributed by atoms with Crippen LogP contribution in [0.2, 0.25) is 0 Å². The second-order valence-corrected chi connectivity index (χ2v) is 13.5. The van der Waals surface area contributed by atoms with Gasteiger partial charge in [-0.25, -0.2) is 4.79 Å². The van der Waals surface area contributed by atoms with Gasteiger partial charge in [-0.15, -0.1) is 0 Å². The minimum atomic E-state index is -1.18. The van der Waals surface area contributed by atoms with Gasteiger partial charge in [-0.05, 0) is 97.0 Å². The molecule has 3 atom stereocenters. The number of benzene rings is 3. The van der Waals surface area contributed by atoms with Gasteiger partial charge in [-0.2, -0.15) is 0 Å². The Hall–Kier alpha value is -5.06. The topological polar surface area (TPSA) is 146 Å². The fourth-order valence-electron chi connectivity index (χ4n) is 6.91. The number of amides is 5. The predicted molar refractivity (Wildman–Crippen MR) is 186 cm³/mol. The van der Waals surface area contributed by atoms with Crippen LogP contribution in [-0.4, -0.2) is 65.3 Å². The van der Waals surface area contributed by atoms with Gasteiger partial charge < -0.3 is 36.2 Å². The molecule has 5 N–H and O–H groups in total. The zero-order chi connectivity index (χ0) is 34.3. The van der Waals surface area contributed by atoms with Crippen LogP contribution in [-0.2, 0) is 40.4 Å². The van der Waals surface area contributed by atoms with Crippen LogP contribution < -0.4 is 26.4 Å². The molecule has 3 heterocycles. The zero-order valence-electron chi connectivity index (χ0n) is 28.1. The highest BCUT2D eigenvalue weighted by atomic mass is 16.5. The summed E-state index contributed by atoms with van der Waals surface area (Å²) in [6, 6.07) is 18.6. The highest BCUT2D eigenvalue weighted by molar-refractivity contribution is 5.94. The predicted octanol–water partition coefficient (Wildman–Crippen LogP) is 3.82. The van der Waals surface area contributed by atoms with Crippen molar-refractivity contribution >= 4 is 29.4 Å². The Morgan fingerprint density at radius 1 is 0.959 bits per heavy atom. The summed E-state index contributed by atoms with van der Waals surface area (Å²) in [5.74, 6) is -0.133. The van der Waals surface area contributed by atoms with E-state index in [-0.39, 0.29) is 30.7 Å². The molecule has 3 aromatic carbocycles. The molecule has 4 bridgehead atoms. The maximum absolute atomic E-state index is 14.1. The number of anilines is 1. The Bertz CT molecular complexity index is 1680. The van der Waals surface area contributed by atoms with Crippen molar-refractivity contribution in [2.45, 2.75) is 77.2 Å². The van der Waals surface area contributed by atoms with Crippen molar-refractivity contribution in [2.24, 2.45) is 5.92 Å². The first-order chi connectivity index (χ1) is 23.7. The molecule has 0 saturated carbocycles. The molecule has 258 valence electrons. The first-order valence-electron chi connectivity index (χ1n) is 17.3. The molecule has 6 rings (SSSR count). The second kappa shape index (κ2) is 15.4. The largest absolute Gasteiger partial charge is 0.494 e. The molecule has 0 spiro atoms. The molecule has 11 heteroatoms. The van der Waals surface area contributed by atoms with E-state index in [0.717, 1.165) is 52.8 Å². The number of rotatable bonds is 4. The molecule has 11 nitrogen and oxygen atoms in total. The minimum Gasteiger partial charge on any atom is -0.494 e. The maximum atomic E-state index is 14.1. The summed E-state index contributed by atoms with van der Waals surface area (Å²) < 4.78 is 6.12. The number of fused-ring (bicyclic) bond motifs is 5. The molecule has 3 aliphatic rings. The van der Waals surface area contributed by atoms with Crippen molar-refractivity contribution in [2.75, 3.05) is 25.4 Å². The van der Waals surface area contributed by atoms with Gasteiger partial charge in [0.25, 0.3) is 0 Å². The van der Waals surface area contributed by atoms with Crippen LogP contribution in [0, 0.1) is 12.8 Å². The van der Waals surface area contributed by atoms with Gasteiger partial charge >= 0.3 is 6.03 Å². The molecule has 1 fully saturated rings. The summed E-state index contributed by atoms with van der Waals surface area (Å²) in [4.78, 5) is 58.6. The molecule has 49 heavy (non-hydrogen) atoms. The monoisotopic (exact) mass is 666 g/mol. The van der Waals surface area contributed by atoms with Crippen molar-refractivity contribution in [1.29, 1.82) is 0 Å². The van der Waals surface area contributed by atoms with Crippen molar-refractivity contribution in [3.8, 4) is 5.75 Å². The Kier molecular flexibility index (Phi) is 10.7. The van der Waals surface area contributed by atoms with E-state index in [2.05, 4.69) is 16.0 Å². The summed E-state index contributed by atoms with van der Waals surface area (Å²) in [6.45, 7) is 4.61. The quantitative estimate of drug-likeness (QED) is 0.312. The molecule has 5 amide bonds. The van der Waals surface area contributed by atoms with Crippen molar-refractivity contribution in [1.82, 2.24) is 25.8 Å². The van der Waals surface area contributed by atoms with Gasteiger partial charge in [0.05, 0.1) is 13.0 Å². The second-order valence-electron chi connectivity index (χ2n) is 13.5. The van der Waals surface area contributed by atoms with Gasteiger partial charge in [0.1, 0.15) is 17.8 Å². The number of carbonyl (C=O) groups excluding carboxylic acids is 4. The standard InChI is InChI=1S/C38H46N6O5/c1-25-9-13-32-19-29(25)21-40-36(46)33(14-10-26-6-3-2-4-7-26)41-37(47)34(20-35(45)43-16-5-8-27(22-43)15-17-49-32)42-38(48)44-23-28-11-12-31(39)18-30(28)24-44/h2-4,6-7,9,11-13,18-19,27,33-34H,5,8,10,14-17,20-24,39H2,1H3,(H,40,46)(H,41,47)(H,42,48)/t27?,33-,34-/m0/s1. The van der Waals surface area contributed by atoms with Crippen molar-refractivity contribution in [3.63, 3.8) is 0 Å². The van der Waals surface area contributed by atoms with Crippen LogP contribution in [0.15, 0.2) is 66.7 Å². The average Bonchev–Trinajstić information content (AvgIpc) is 3.53. The summed E-state index contributed by atoms with van der Waals surface area (Å²) >= 11 is 0. The number of aryl methyl sites for hydroxylation is 2. The Balaban J connectivity index is 1.25. The molecular weight excluding hydrogens is 620 g/mol. The van der Waals surface area contributed by atoms with Gasteiger partial charge in [0.2, 0.25) is 17.7 Å². The lowest BCUT2D eigenvalue weighted by atomic mass is 9.94. The zero-order valence-corrected chi connectivity index (χ0v) is 28.1. The number of piperidine rings is 1. The third kappa shape index (κ3) is 8.70. The van der Waals surface area contributed by atoms with E-state index >= 15 is 0 Å². The van der Waals surface area contributed by atoms with E-state index in [4.69, 9.17) is 10.5 Å². The fourth-order valence-corrected chi connectivity index (χ4v) is 6.91. The highest BCUT2D eigenvalue weighted by Gasteiger charge is 2.34. The normalized spacial score (nSPS) is 21.8. The van der Waals surface area contributed by atoms with Crippen molar-refractivity contribution < 1.29 is 23.9 Å². The van der Waals surface area contributed by atoms with E-state index < -0.39 is 24.0 Å². The van der Waals surface area contributed by atoms with E-state index in [9.17, 15) is 19.2 Å². The fraction of sp³-hybridized carbons (Fsp3) is 0.421. The number of nitrogens with zero attached hydrogens (tertiary/aromatic N) is 2. The Morgan fingerprint density at radius 2 is 1.78 bits per heavy atom. The first-order valence-corrected chi connectivity index (χ1v) is 17.3. The number of urea groups is 1. The third-order valence-electron chi connectivity index (χ3n) is 9.87. The first kappa shape index (κ1) is 33.8. The van der Waals surface area contributed by atoms with Gasteiger partial charge in [0, 0.05) is 38.4 Å². The average molecular weight is 667 g/mol. The Morgan fingerprint density at radius 3 is 2.61 bits per heavy atom. The van der Waals surface area contributed by atoms with Crippen LogP contribution in [0.1, 0.15) is 59.9 Å². The lowest BCUT2D eigenvalue weighted by molar-refractivity contribution is -0.137. The summed E-state index contributed by atoms with van der Waals surface area (Å²) in [5, 5.41) is 8.77. The number of hydrogen-bond acceptors (Lipinski definition) is 6. The number of carbonyl (C=O) groups is 4. The van der Waals surface area contributed by atoms with E-state index in [0.29, 0.717) is 51.3 Å². The van der Waals surface area contributed by atoms with Gasteiger partial charge in [-0.1, -0.05) is 42.5 Å². The van der Waals surface area contributed by atoms with E-state index in [1.807, 2.05) is 67.6 Å². The van der Waals surface area contributed by atoms with E-state index in [1.165, 1.54) is 0 Å². The maximum Gasteiger partial charge on any atom is 0.318 e. The number of hydrogen-bond donors (Lipinski definition) is 4. The Labute approximate surface area is 287 Å². The molecule has 1 unspecified atom stereocenters. The highest BCUT2D eigenvalue weighted by Crippen LogP contribution is 2.26. The summed E-state index contributed by atoms with van der Waals surface area (Å²) in [5.41, 5.74) is 11.5. The van der Waals surface area contributed by atoms with Crippen LogP contribution in [0.3, 0.4) is 0 Å². The smallest absolute Gasteiger partial charge is 0.318 e. The molecule has 0 radical (unpaired) electrons. The lowest BCUT2D eigenvalue weighted by Crippen LogP contribution is -2.56. The summed E-state index contributed by atoms with van der Waals surface area (Å²) in [6.07, 6.45) is 3.28. The lowest BCUT2D eigenvalue weighted by Gasteiger charge is -2.34. The number of nitrogens with one attached hydrogen (secondary N) is 3. The SMILES string of the molecule is Cc1ccc2cc1CNC(=O)[C@H](CCc1ccccc1)NC(=O)[C@@H](NC(=O)N1Cc3ccc(N)cc3C1)CC(=O)N1CCCC(CCO2)C1. The molecule has 0 aromatic heterocycles.